The van der Waals surface area contributed by atoms with E-state index in [-0.39, 0.29) is 5.76 Å². The van der Waals surface area contributed by atoms with Crippen LogP contribution in [0.15, 0.2) is 34.7 Å². The fraction of sp³-hybridized carbons (Fsp3) is 0.250. The van der Waals surface area contributed by atoms with E-state index in [0.29, 0.717) is 30.3 Å². The normalized spacial score (nSPS) is 13.0. The number of esters is 1. The van der Waals surface area contributed by atoms with Crippen molar-refractivity contribution in [3.63, 3.8) is 0 Å². The van der Waals surface area contributed by atoms with Gasteiger partial charge in [0.25, 0.3) is 0 Å². The molecule has 25 heavy (non-hydrogen) atoms. The van der Waals surface area contributed by atoms with Crippen molar-refractivity contribution in [2.75, 3.05) is 19.8 Å². The molecular weight excluding hydrogens is 334 g/mol. The van der Waals surface area contributed by atoms with Crippen molar-refractivity contribution >= 4 is 17.6 Å². The van der Waals surface area contributed by atoms with Crippen LogP contribution >= 0.6 is 0 Å². The first-order valence-corrected chi connectivity index (χ1v) is 7.39. The monoisotopic (exact) mass is 347 g/mol. The molecule has 2 aromatic rings. The number of ketones is 1. The lowest BCUT2D eigenvalue weighted by atomic mass is 10.1. The molecule has 1 aromatic carbocycles. The highest BCUT2D eigenvalue weighted by Gasteiger charge is 2.20. The molecule has 0 spiro atoms. The minimum Gasteiger partial charge on any atom is -0.490 e. The van der Waals surface area contributed by atoms with Gasteiger partial charge in [0.05, 0.1) is 19.3 Å². The molecule has 0 unspecified atom stereocenters. The van der Waals surface area contributed by atoms with Crippen molar-refractivity contribution in [2.24, 2.45) is 0 Å². The molecule has 1 aromatic heterocycles. The molecule has 0 amide bonds. The minimum atomic E-state index is -0.962. The smallest absolute Gasteiger partial charge is 0.433 e. The van der Waals surface area contributed by atoms with Crippen molar-refractivity contribution in [3.05, 3.63) is 51.8 Å². The van der Waals surface area contributed by atoms with Gasteiger partial charge < -0.3 is 18.6 Å². The Bertz CT molecular complexity index is 825. The predicted molar refractivity (Wildman–Crippen MR) is 82.0 cm³/mol. The zero-order chi connectivity index (χ0) is 17.8. The molecule has 0 atom stereocenters. The molecule has 0 aliphatic carbocycles. The molecule has 9 nitrogen and oxygen atoms in total. The van der Waals surface area contributed by atoms with Gasteiger partial charge in [-0.15, -0.1) is 0 Å². The lowest BCUT2D eigenvalue weighted by Gasteiger charge is -2.09. The number of nitro groups is 1. The zero-order valence-corrected chi connectivity index (χ0v) is 12.9. The van der Waals surface area contributed by atoms with Crippen LogP contribution < -0.4 is 9.47 Å². The van der Waals surface area contributed by atoms with E-state index in [9.17, 15) is 19.7 Å². The van der Waals surface area contributed by atoms with Gasteiger partial charge in [-0.05, 0) is 24.3 Å². The second-order valence-electron chi connectivity index (χ2n) is 5.11. The first kappa shape index (κ1) is 16.5. The first-order chi connectivity index (χ1) is 12.0. The summed E-state index contributed by atoms with van der Waals surface area (Å²) in [5.74, 6) is -1.34. The Morgan fingerprint density at radius 1 is 1.12 bits per heavy atom. The van der Waals surface area contributed by atoms with Crippen molar-refractivity contribution in [1.29, 1.82) is 0 Å². The maximum absolute atomic E-state index is 12.2. The molecule has 0 bridgehead atoms. The van der Waals surface area contributed by atoms with E-state index in [1.807, 2.05) is 0 Å². The Kier molecular flexibility index (Phi) is 4.64. The van der Waals surface area contributed by atoms with Gasteiger partial charge in [-0.25, -0.2) is 4.79 Å². The molecule has 130 valence electrons. The van der Waals surface area contributed by atoms with E-state index in [1.165, 1.54) is 6.07 Å². The van der Waals surface area contributed by atoms with Gasteiger partial charge in [-0.3, -0.25) is 14.9 Å². The summed E-state index contributed by atoms with van der Waals surface area (Å²) in [6, 6.07) is 6.82. The third-order valence-corrected chi connectivity index (χ3v) is 3.38. The van der Waals surface area contributed by atoms with Gasteiger partial charge in [0.1, 0.15) is 4.92 Å². The highest BCUT2D eigenvalue weighted by molar-refractivity contribution is 5.99. The molecule has 1 aliphatic rings. The molecular formula is C16H13NO8. The van der Waals surface area contributed by atoms with E-state index in [1.54, 1.807) is 12.1 Å². The van der Waals surface area contributed by atoms with Crippen LogP contribution in [-0.4, -0.2) is 36.5 Å². The van der Waals surface area contributed by atoms with Crippen molar-refractivity contribution < 1.29 is 33.1 Å². The number of fused-ring (bicyclic) bond motifs is 1. The molecule has 2 heterocycles. The number of furan rings is 1. The van der Waals surface area contributed by atoms with Gasteiger partial charge in [-0.1, -0.05) is 0 Å². The number of nitrogens with zero attached hydrogens (tertiary/aromatic N) is 1. The van der Waals surface area contributed by atoms with Crippen LogP contribution in [0, 0.1) is 10.1 Å². The van der Waals surface area contributed by atoms with Crippen LogP contribution in [-0.2, 0) is 4.74 Å². The van der Waals surface area contributed by atoms with E-state index in [2.05, 4.69) is 0 Å². The standard InChI is InChI=1S/C16H13NO8/c18-11(9-24-16(19)13-4-5-15(25-13)17(20)21)10-2-3-12-14(8-10)23-7-1-6-22-12/h2-5,8H,1,6-7,9H2. The fourth-order valence-corrected chi connectivity index (χ4v) is 2.16. The maximum atomic E-state index is 12.2. The molecule has 0 saturated heterocycles. The van der Waals surface area contributed by atoms with Crippen LogP contribution in [0.4, 0.5) is 5.88 Å². The Labute approximate surface area is 141 Å². The van der Waals surface area contributed by atoms with Crippen LogP contribution in [0.3, 0.4) is 0 Å². The van der Waals surface area contributed by atoms with Gasteiger partial charge in [-0.2, -0.15) is 0 Å². The highest BCUT2D eigenvalue weighted by atomic mass is 16.7. The van der Waals surface area contributed by atoms with E-state index >= 15 is 0 Å². The maximum Gasteiger partial charge on any atom is 0.433 e. The average Bonchev–Trinajstić information content (AvgIpc) is 2.99. The van der Waals surface area contributed by atoms with Gasteiger partial charge in [0, 0.05) is 12.0 Å². The number of ether oxygens (including phenoxy) is 3. The summed E-state index contributed by atoms with van der Waals surface area (Å²) in [6.07, 6.45) is 0.741. The van der Waals surface area contributed by atoms with Crippen molar-refractivity contribution in [1.82, 2.24) is 0 Å². The second kappa shape index (κ2) is 7.04. The van der Waals surface area contributed by atoms with Crippen molar-refractivity contribution in [2.45, 2.75) is 6.42 Å². The summed E-state index contributed by atoms with van der Waals surface area (Å²) in [5, 5.41) is 10.5. The Morgan fingerprint density at radius 2 is 1.88 bits per heavy atom. The number of rotatable bonds is 5. The summed E-state index contributed by atoms with van der Waals surface area (Å²) in [6.45, 7) is 0.483. The van der Waals surface area contributed by atoms with Gasteiger partial charge in [0.2, 0.25) is 5.76 Å². The predicted octanol–water partition coefficient (Wildman–Crippen LogP) is 2.39. The summed E-state index contributed by atoms with van der Waals surface area (Å²) < 4.78 is 20.5. The second-order valence-corrected chi connectivity index (χ2v) is 5.11. The minimum absolute atomic E-state index is 0.294. The van der Waals surface area contributed by atoms with Crippen LogP contribution in [0.25, 0.3) is 0 Å². The van der Waals surface area contributed by atoms with Crippen LogP contribution in [0.5, 0.6) is 11.5 Å². The molecule has 1 aliphatic heterocycles. The molecule has 9 heteroatoms. The Balaban J connectivity index is 1.63. The quantitative estimate of drug-likeness (QED) is 0.350. The van der Waals surface area contributed by atoms with E-state index in [0.717, 1.165) is 18.6 Å². The highest BCUT2D eigenvalue weighted by Crippen LogP contribution is 2.30. The van der Waals surface area contributed by atoms with Gasteiger partial charge >= 0.3 is 11.9 Å². The lowest BCUT2D eigenvalue weighted by molar-refractivity contribution is -0.402. The first-order valence-electron chi connectivity index (χ1n) is 7.39. The summed E-state index contributed by atoms with van der Waals surface area (Å²) in [5.41, 5.74) is 0.294. The average molecular weight is 347 g/mol. The number of hydrogen-bond donors (Lipinski definition) is 0. The fourth-order valence-electron chi connectivity index (χ4n) is 2.16. The molecule has 3 rings (SSSR count). The van der Waals surface area contributed by atoms with Crippen molar-refractivity contribution in [3.8, 4) is 11.5 Å². The number of Topliss-reactive ketones (excluding diaryl/α,β-unsaturated/α-hetero) is 1. The molecule has 0 fully saturated rings. The SMILES string of the molecule is O=C(COC(=O)c1ccc([N+](=O)[O-])o1)c1ccc2c(c1)OCCCO2. The largest absolute Gasteiger partial charge is 0.490 e. The number of hydrogen-bond acceptors (Lipinski definition) is 8. The van der Waals surface area contributed by atoms with E-state index < -0.39 is 29.2 Å². The molecule has 0 saturated carbocycles. The Morgan fingerprint density at radius 3 is 2.60 bits per heavy atom. The summed E-state index contributed by atoms with van der Waals surface area (Å²) in [4.78, 5) is 33.6. The van der Waals surface area contributed by atoms with Gasteiger partial charge in [0.15, 0.2) is 23.9 Å². The third-order valence-electron chi connectivity index (χ3n) is 3.38. The number of carbonyl (C=O) groups excluding carboxylic acids is 2. The van der Waals surface area contributed by atoms with Crippen LogP contribution in [0.2, 0.25) is 0 Å². The Hall–Kier alpha value is -3.36. The van der Waals surface area contributed by atoms with Crippen LogP contribution in [0.1, 0.15) is 27.3 Å². The van der Waals surface area contributed by atoms with E-state index in [4.69, 9.17) is 18.6 Å². The number of benzene rings is 1. The molecule has 0 N–H and O–H groups in total. The topological polar surface area (TPSA) is 118 Å². The summed E-state index contributed by atoms with van der Waals surface area (Å²) in [7, 11) is 0. The summed E-state index contributed by atoms with van der Waals surface area (Å²) >= 11 is 0. The zero-order valence-electron chi connectivity index (χ0n) is 12.9. The lowest BCUT2D eigenvalue weighted by Crippen LogP contribution is -2.14. The third kappa shape index (κ3) is 3.77. The number of carbonyl (C=O) groups is 2. The molecule has 0 radical (unpaired) electrons.